The van der Waals surface area contributed by atoms with Gasteiger partial charge in [-0.25, -0.2) is 9.98 Å². The van der Waals surface area contributed by atoms with E-state index < -0.39 is 0 Å². The lowest BCUT2D eigenvalue weighted by Gasteiger charge is -2.14. The highest BCUT2D eigenvalue weighted by atomic mass is 127. The standard InChI is InChI=1S/C22H26N4O4.HI/c1-15-16(2)30-21(25-15)14-24-22(23-9-8-18-5-3-10-27-18)26-17-6-7-19-20(13-17)29-12-4-11-28-19;/h3,5-7,10,13H,4,8-9,11-12,14H2,1-2H3,(H2,23,24,26);1H. The first-order chi connectivity index (χ1) is 14.7. The zero-order valence-electron chi connectivity index (χ0n) is 17.6. The summed E-state index contributed by atoms with van der Waals surface area (Å²) in [5.74, 6) is 4.40. The van der Waals surface area contributed by atoms with E-state index in [4.69, 9.17) is 18.3 Å². The van der Waals surface area contributed by atoms with Crippen molar-refractivity contribution < 1.29 is 18.3 Å². The smallest absolute Gasteiger partial charge is 0.216 e. The van der Waals surface area contributed by atoms with E-state index in [9.17, 15) is 0 Å². The summed E-state index contributed by atoms with van der Waals surface area (Å²) in [6.45, 7) is 6.11. The summed E-state index contributed by atoms with van der Waals surface area (Å²) in [6.07, 6.45) is 3.28. The number of nitrogens with one attached hydrogen (secondary N) is 2. The Labute approximate surface area is 198 Å². The number of benzene rings is 1. The van der Waals surface area contributed by atoms with Crippen molar-refractivity contribution in [3.63, 3.8) is 0 Å². The molecule has 9 heteroatoms. The summed E-state index contributed by atoms with van der Waals surface area (Å²) >= 11 is 0. The maximum absolute atomic E-state index is 5.78. The summed E-state index contributed by atoms with van der Waals surface area (Å²) in [5.41, 5.74) is 1.73. The average molecular weight is 538 g/mol. The lowest BCUT2D eigenvalue weighted by Crippen LogP contribution is -2.32. The summed E-state index contributed by atoms with van der Waals surface area (Å²) in [4.78, 5) is 9.03. The number of aryl methyl sites for hydroxylation is 2. The van der Waals surface area contributed by atoms with Crippen LogP contribution in [0.25, 0.3) is 0 Å². The molecule has 0 radical (unpaired) electrons. The molecule has 0 fully saturated rings. The van der Waals surface area contributed by atoms with Crippen LogP contribution in [0.3, 0.4) is 0 Å². The molecule has 0 atom stereocenters. The van der Waals surface area contributed by atoms with Crippen molar-refractivity contribution in [2.45, 2.75) is 33.2 Å². The van der Waals surface area contributed by atoms with Crippen molar-refractivity contribution in [2.24, 2.45) is 4.99 Å². The van der Waals surface area contributed by atoms with Crippen molar-refractivity contribution in [1.29, 1.82) is 0 Å². The van der Waals surface area contributed by atoms with Crippen LogP contribution < -0.4 is 20.1 Å². The van der Waals surface area contributed by atoms with Gasteiger partial charge in [0.05, 0.1) is 25.2 Å². The molecule has 166 valence electrons. The maximum atomic E-state index is 5.78. The van der Waals surface area contributed by atoms with E-state index in [1.54, 1.807) is 6.26 Å². The Balaban J connectivity index is 0.00000272. The van der Waals surface area contributed by atoms with Gasteiger partial charge in [0.1, 0.15) is 18.1 Å². The van der Waals surface area contributed by atoms with Crippen LogP contribution in [0.5, 0.6) is 11.5 Å². The van der Waals surface area contributed by atoms with Crippen LogP contribution in [0, 0.1) is 13.8 Å². The number of furan rings is 1. The molecule has 1 aliphatic rings. The number of anilines is 1. The third kappa shape index (κ3) is 6.39. The molecule has 0 saturated carbocycles. The molecule has 8 nitrogen and oxygen atoms in total. The van der Waals surface area contributed by atoms with E-state index >= 15 is 0 Å². The van der Waals surface area contributed by atoms with Gasteiger partial charge >= 0.3 is 0 Å². The van der Waals surface area contributed by atoms with Crippen molar-refractivity contribution in [3.8, 4) is 11.5 Å². The van der Waals surface area contributed by atoms with Crippen molar-refractivity contribution in [1.82, 2.24) is 10.3 Å². The number of guanidine groups is 1. The Kier molecular flexibility index (Phi) is 8.21. The molecule has 3 heterocycles. The molecular formula is C22H27IN4O4. The highest BCUT2D eigenvalue weighted by molar-refractivity contribution is 14.0. The minimum Gasteiger partial charge on any atom is -0.490 e. The number of oxazole rings is 1. The SMILES string of the molecule is Cc1nc(CN=C(NCCc2ccco2)Nc2ccc3c(c2)OCCCO3)oc1C.I. The Morgan fingerprint density at radius 3 is 2.71 bits per heavy atom. The molecule has 3 aromatic rings. The Morgan fingerprint density at radius 2 is 1.97 bits per heavy atom. The van der Waals surface area contributed by atoms with Gasteiger partial charge in [-0.3, -0.25) is 0 Å². The van der Waals surface area contributed by atoms with Gasteiger partial charge in [-0.1, -0.05) is 0 Å². The minimum absolute atomic E-state index is 0. The number of rotatable bonds is 6. The number of aliphatic imine (C=N–C) groups is 1. The fourth-order valence-corrected chi connectivity index (χ4v) is 3.03. The lowest BCUT2D eigenvalue weighted by molar-refractivity contribution is 0.297. The maximum Gasteiger partial charge on any atom is 0.216 e. The number of halogens is 1. The summed E-state index contributed by atoms with van der Waals surface area (Å²) in [6, 6.07) is 9.60. The first kappa shape index (κ1) is 23.0. The molecule has 31 heavy (non-hydrogen) atoms. The van der Waals surface area contributed by atoms with Crippen LogP contribution in [-0.4, -0.2) is 30.7 Å². The first-order valence-corrected chi connectivity index (χ1v) is 10.1. The fourth-order valence-electron chi connectivity index (χ4n) is 3.03. The normalized spacial score (nSPS) is 13.3. The summed E-state index contributed by atoms with van der Waals surface area (Å²) in [7, 11) is 0. The topological polar surface area (TPSA) is 94.1 Å². The molecular weight excluding hydrogens is 511 g/mol. The molecule has 1 aromatic carbocycles. The van der Waals surface area contributed by atoms with Gasteiger partial charge in [0.25, 0.3) is 0 Å². The minimum atomic E-state index is 0. The monoisotopic (exact) mass is 538 g/mol. The van der Waals surface area contributed by atoms with Crippen LogP contribution in [0.4, 0.5) is 5.69 Å². The van der Waals surface area contributed by atoms with Crippen LogP contribution >= 0.6 is 24.0 Å². The van der Waals surface area contributed by atoms with Crippen molar-refractivity contribution in [3.05, 3.63) is 59.7 Å². The molecule has 0 bridgehead atoms. The van der Waals surface area contributed by atoms with Gasteiger partial charge in [0.2, 0.25) is 5.89 Å². The van der Waals surface area contributed by atoms with Crippen molar-refractivity contribution in [2.75, 3.05) is 25.1 Å². The van der Waals surface area contributed by atoms with E-state index in [1.807, 2.05) is 44.2 Å². The number of hydrogen-bond acceptors (Lipinski definition) is 6. The molecule has 0 spiro atoms. The molecule has 0 unspecified atom stereocenters. The third-order valence-corrected chi connectivity index (χ3v) is 4.70. The fraction of sp³-hybridized carbons (Fsp3) is 0.364. The number of hydrogen-bond donors (Lipinski definition) is 2. The van der Waals surface area contributed by atoms with Gasteiger partial charge in [-0.15, -0.1) is 24.0 Å². The second kappa shape index (κ2) is 11.1. The summed E-state index contributed by atoms with van der Waals surface area (Å²) in [5, 5.41) is 6.65. The van der Waals surface area contributed by atoms with Gasteiger partial charge in [0.15, 0.2) is 17.5 Å². The predicted molar refractivity (Wildman–Crippen MR) is 129 cm³/mol. The van der Waals surface area contributed by atoms with E-state index in [0.717, 1.165) is 47.2 Å². The molecule has 1 aliphatic heterocycles. The first-order valence-electron chi connectivity index (χ1n) is 10.1. The van der Waals surface area contributed by atoms with E-state index in [1.165, 1.54) is 0 Å². The Hall–Kier alpha value is -2.69. The lowest BCUT2D eigenvalue weighted by atomic mass is 10.2. The van der Waals surface area contributed by atoms with Gasteiger partial charge in [-0.05, 0) is 38.1 Å². The third-order valence-electron chi connectivity index (χ3n) is 4.70. The number of aromatic nitrogens is 1. The molecule has 2 N–H and O–H groups in total. The van der Waals surface area contributed by atoms with Gasteiger partial charge in [-0.2, -0.15) is 0 Å². The molecule has 4 rings (SSSR count). The Bertz CT molecular complexity index is 982. The predicted octanol–water partition coefficient (Wildman–Crippen LogP) is 4.46. The Morgan fingerprint density at radius 1 is 1.13 bits per heavy atom. The van der Waals surface area contributed by atoms with E-state index in [2.05, 4.69) is 20.6 Å². The van der Waals surface area contributed by atoms with Crippen LogP contribution in [0.2, 0.25) is 0 Å². The second-order valence-electron chi connectivity index (χ2n) is 7.01. The van der Waals surface area contributed by atoms with Gasteiger partial charge in [0, 0.05) is 31.1 Å². The molecule has 2 aromatic heterocycles. The average Bonchev–Trinajstić information content (AvgIpc) is 3.29. The largest absolute Gasteiger partial charge is 0.490 e. The highest BCUT2D eigenvalue weighted by Gasteiger charge is 2.12. The van der Waals surface area contributed by atoms with Gasteiger partial charge < -0.3 is 28.9 Å². The van der Waals surface area contributed by atoms with E-state index in [0.29, 0.717) is 38.2 Å². The number of fused-ring (bicyclic) bond motifs is 1. The van der Waals surface area contributed by atoms with Crippen molar-refractivity contribution >= 4 is 35.6 Å². The molecule has 0 saturated heterocycles. The molecule has 0 aliphatic carbocycles. The van der Waals surface area contributed by atoms with Crippen LogP contribution in [-0.2, 0) is 13.0 Å². The van der Waals surface area contributed by atoms with Crippen LogP contribution in [0.1, 0.15) is 29.5 Å². The highest BCUT2D eigenvalue weighted by Crippen LogP contribution is 2.32. The summed E-state index contributed by atoms with van der Waals surface area (Å²) < 4.78 is 22.5. The zero-order chi connectivity index (χ0) is 20.8. The number of ether oxygens (including phenoxy) is 2. The van der Waals surface area contributed by atoms with E-state index in [-0.39, 0.29) is 24.0 Å². The second-order valence-corrected chi connectivity index (χ2v) is 7.01. The zero-order valence-corrected chi connectivity index (χ0v) is 20.0. The number of nitrogens with zero attached hydrogens (tertiary/aromatic N) is 2. The quantitative estimate of drug-likeness (QED) is 0.272. The molecule has 0 amide bonds. The van der Waals surface area contributed by atoms with Crippen LogP contribution in [0.15, 0.2) is 50.4 Å².